The van der Waals surface area contributed by atoms with Crippen molar-refractivity contribution in [3.63, 3.8) is 0 Å². The summed E-state index contributed by atoms with van der Waals surface area (Å²) in [6.45, 7) is 6.36. The molecule has 1 aliphatic heterocycles. The van der Waals surface area contributed by atoms with E-state index in [1.807, 2.05) is 18.7 Å². The smallest absolute Gasteiger partial charge is 0.311 e. The Hall–Kier alpha value is -2.44. The van der Waals surface area contributed by atoms with Crippen molar-refractivity contribution in [2.45, 2.75) is 76.2 Å². The number of ether oxygens (including phenoxy) is 1. The minimum atomic E-state index is -4.33. The van der Waals surface area contributed by atoms with Crippen molar-refractivity contribution in [2.75, 3.05) is 13.7 Å². The molecule has 1 fully saturated rings. The van der Waals surface area contributed by atoms with Gasteiger partial charge in [0.05, 0.1) is 23.5 Å². The average molecular weight is 479 g/mol. The van der Waals surface area contributed by atoms with Gasteiger partial charge in [0.2, 0.25) is 5.91 Å². The van der Waals surface area contributed by atoms with Gasteiger partial charge in [0, 0.05) is 24.9 Å². The first kappa shape index (κ1) is 26.8. The second kappa shape index (κ2) is 11.1. The molecule has 1 saturated heterocycles. The van der Waals surface area contributed by atoms with E-state index in [0.717, 1.165) is 12.0 Å². The van der Waals surface area contributed by atoms with Crippen molar-refractivity contribution >= 4 is 22.0 Å². The van der Waals surface area contributed by atoms with Crippen LogP contribution in [0.5, 0.6) is 0 Å². The molecule has 0 bridgehead atoms. The number of amides is 1. The summed E-state index contributed by atoms with van der Waals surface area (Å²) in [5.41, 5.74) is -0.146. The van der Waals surface area contributed by atoms with Crippen molar-refractivity contribution in [3.05, 3.63) is 29.8 Å². The summed E-state index contributed by atoms with van der Waals surface area (Å²) >= 11 is 0. The van der Waals surface area contributed by atoms with Gasteiger partial charge < -0.3 is 9.64 Å². The summed E-state index contributed by atoms with van der Waals surface area (Å²) in [5, 5.41) is 9.49. The molecule has 1 amide bonds. The van der Waals surface area contributed by atoms with Gasteiger partial charge in [-0.25, -0.2) is 0 Å². The number of hydrogen-bond acceptors (Lipinski definition) is 6. The third-order valence-corrected chi connectivity index (χ3v) is 7.53. The second-order valence-electron chi connectivity index (χ2n) is 9.21. The lowest BCUT2D eigenvalue weighted by atomic mass is 9.71. The van der Waals surface area contributed by atoms with Gasteiger partial charge in [-0.1, -0.05) is 19.1 Å². The standard InChI is InChI=1S/C24H34N2O6S/c1-5-18(16-25)14-24(3,23(28)32-4)15-20(13-17(2)26-12-6-7-22(26)27)19-8-10-21(11-9-19)33(29,30)31/h8-11,17-18,20H,5-7,12-15H2,1-4H3,(H,29,30,31). The number of esters is 1. The lowest BCUT2D eigenvalue weighted by Gasteiger charge is -2.35. The molecule has 0 aromatic heterocycles. The number of carbonyl (C=O) groups is 2. The summed E-state index contributed by atoms with van der Waals surface area (Å²) in [7, 11) is -3.00. The Balaban J connectivity index is 2.42. The summed E-state index contributed by atoms with van der Waals surface area (Å²) < 4.78 is 37.4. The zero-order valence-electron chi connectivity index (χ0n) is 19.8. The van der Waals surface area contributed by atoms with Gasteiger partial charge in [0.15, 0.2) is 0 Å². The van der Waals surface area contributed by atoms with Crippen LogP contribution in [0.25, 0.3) is 0 Å². The Morgan fingerprint density at radius 1 is 1.30 bits per heavy atom. The van der Waals surface area contributed by atoms with Gasteiger partial charge >= 0.3 is 5.97 Å². The number of nitriles is 1. The molecule has 0 radical (unpaired) electrons. The van der Waals surface area contributed by atoms with Crippen molar-refractivity contribution in [1.82, 2.24) is 4.90 Å². The van der Waals surface area contributed by atoms with Gasteiger partial charge in [-0.05, 0) is 69.6 Å². The minimum absolute atomic E-state index is 0.0777. The average Bonchev–Trinajstić information content (AvgIpc) is 3.21. The van der Waals surface area contributed by atoms with Gasteiger partial charge in [0.25, 0.3) is 10.1 Å². The summed E-state index contributed by atoms with van der Waals surface area (Å²) in [6.07, 6.45) is 3.22. The first-order chi connectivity index (χ1) is 15.4. The van der Waals surface area contributed by atoms with Crippen LogP contribution >= 0.6 is 0 Å². The van der Waals surface area contributed by atoms with Crippen LogP contribution in [0, 0.1) is 22.7 Å². The Labute approximate surface area is 196 Å². The van der Waals surface area contributed by atoms with Crippen LogP contribution in [0.2, 0.25) is 0 Å². The molecule has 0 saturated carbocycles. The third kappa shape index (κ3) is 6.78. The van der Waals surface area contributed by atoms with E-state index in [0.29, 0.717) is 38.6 Å². The van der Waals surface area contributed by atoms with Crippen LogP contribution in [-0.2, 0) is 24.4 Å². The predicted molar refractivity (Wildman–Crippen MR) is 123 cm³/mol. The second-order valence-corrected chi connectivity index (χ2v) is 10.6. The first-order valence-electron chi connectivity index (χ1n) is 11.3. The number of likely N-dealkylation sites (tertiary alicyclic amines) is 1. The van der Waals surface area contributed by atoms with Crippen LogP contribution in [0.3, 0.4) is 0 Å². The highest BCUT2D eigenvalue weighted by Gasteiger charge is 2.40. The highest BCUT2D eigenvalue weighted by molar-refractivity contribution is 7.85. The molecule has 182 valence electrons. The maximum Gasteiger partial charge on any atom is 0.311 e. The van der Waals surface area contributed by atoms with Crippen LogP contribution in [0.4, 0.5) is 0 Å². The van der Waals surface area contributed by atoms with Crippen molar-refractivity contribution in [3.8, 4) is 6.07 Å². The molecule has 8 nitrogen and oxygen atoms in total. The molecule has 0 spiro atoms. The highest BCUT2D eigenvalue weighted by Crippen LogP contribution is 2.41. The van der Waals surface area contributed by atoms with Crippen LogP contribution < -0.4 is 0 Å². The van der Waals surface area contributed by atoms with Gasteiger partial charge in [0.1, 0.15) is 0 Å². The molecule has 1 aliphatic rings. The Morgan fingerprint density at radius 2 is 1.94 bits per heavy atom. The number of nitrogens with zero attached hydrogens (tertiary/aromatic N) is 2. The predicted octanol–water partition coefficient (Wildman–Crippen LogP) is 3.93. The summed E-state index contributed by atoms with van der Waals surface area (Å²) in [6, 6.07) is 8.12. The van der Waals surface area contributed by atoms with Crippen molar-refractivity contribution < 1.29 is 27.3 Å². The van der Waals surface area contributed by atoms with E-state index in [1.165, 1.54) is 19.2 Å². The SMILES string of the molecule is CCC(C#N)CC(C)(CC(CC(C)N1CCCC1=O)c1ccc(S(=O)(=O)O)cc1)C(=O)OC. The fraction of sp³-hybridized carbons (Fsp3) is 0.625. The normalized spacial score (nSPS) is 18.8. The molecule has 1 aromatic rings. The molecule has 2 rings (SSSR count). The van der Waals surface area contributed by atoms with Crippen LogP contribution in [-0.4, -0.2) is 49.4 Å². The van der Waals surface area contributed by atoms with E-state index in [2.05, 4.69) is 6.07 Å². The van der Waals surface area contributed by atoms with Crippen molar-refractivity contribution in [1.29, 1.82) is 5.26 Å². The van der Waals surface area contributed by atoms with E-state index in [-0.39, 0.29) is 28.7 Å². The van der Waals surface area contributed by atoms with Crippen LogP contribution in [0.1, 0.15) is 70.8 Å². The lowest BCUT2D eigenvalue weighted by Crippen LogP contribution is -2.37. The summed E-state index contributed by atoms with van der Waals surface area (Å²) in [5.74, 6) is -0.812. The molecule has 1 heterocycles. The molecule has 4 unspecified atom stereocenters. The molecule has 33 heavy (non-hydrogen) atoms. The van der Waals surface area contributed by atoms with Crippen LogP contribution in [0.15, 0.2) is 29.2 Å². The van der Waals surface area contributed by atoms with Gasteiger partial charge in [-0.2, -0.15) is 13.7 Å². The van der Waals surface area contributed by atoms with E-state index >= 15 is 0 Å². The van der Waals surface area contributed by atoms with Gasteiger partial charge in [-0.3, -0.25) is 14.1 Å². The molecule has 1 aromatic carbocycles. The summed E-state index contributed by atoms with van der Waals surface area (Å²) in [4.78, 5) is 26.7. The highest BCUT2D eigenvalue weighted by atomic mass is 32.2. The Kier molecular flexibility index (Phi) is 9.04. The van der Waals surface area contributed by atoms with E-state index in [4.69, 9.17) is 4.74 Å². The first-order valence-corrected chi connectivity index (χ1v) is 12.7. The number of rotatable bonds is 11. The molecule has 0 aliphatic carbocycles. The molecule has 9 heteroatoms. The van der Waals surface area contributed by atoms with Gasteiger partial charge in [-0.15, -0.1) is 0 Å². The van der Waals surface area contributed by atoms with E-state index in [9.17, 15) is 27.8 Å². The molecular formula is C24H34N2O6S. The minimum Gasteiger partial charge on any atom is -0.469 e. The maximum atomic E-state index is 12.8. The fourth-order valence-electron chi connectivity index (χ4n) is 4.79. The Morgan fingerprint density at radius 3 is 2.39 bits per heavy atom. The van der Waals surface area contributed by atoms with E-state index in [1.54, 1.807) is 19.1 Å². The zero-order valence-corrected chi connectivity index (χ0v) is 20.6. The molecule has 1 N–H and O–H groups in total. The molecule has 4 atom stereocenters. The number of methoxy groups -OCH3 is 1. The Bertz CT molecular complexity index is 985. The number of benzene rings is 1. The number of hydrogen-bond donors (Lipinski definition) is 1. The topological polar surface area (TPSA) is 125 Å². The third-order valence-electron chi connectivity index (χ3n) is 6.66. The quantitative estimate of drug-likeness (QED) is 0.377. The number of carbonyl (C=O) groups excluding carboxylic acids is 2. The maximum absolute atomic E-state index is 12.8. The lowest BCUT2D eigenvalue weighted by molar-refractivity contribution is -0.153. The van der Waals surface area contributed by atoms with Crippen molar-refractivity contribution in [2.24, 2.45) is 11.3 Å². The monoisotopic (exact) mass is 478 g/mol. The fourth-order valence-corrected chi connectivity index (χ4v) is 5.27. The zero-order chi connectivity index (χ0) is 24.8. The molecular weight excluding hydrogens is 444 g/mol. The largest absolute Gasteiger partial charge is 0.469 e. The van der Waals surface area contributed by atoms with E-state index < -0.39 is 21.5 Å².